The molecule has 1 amide bonds. The second-order valence-electron chi connectivity index (χ2n) is 5.78. The van der Waals surface area contributed by atoms with Crippen molar-refractivity contribution in [3.8, 4) is 0 Å². The molecule has 1 heterocycles. The maximum Gasteiger partial charge on any atom is 0.265 e. The Hall–Kier alpha value is -1.34. The number of thiazole rings is 1. The molecule has 0 unspecified atom stereocenters. The van der Waals surface area contributed by atoms with Gasteiger partial charge in [-0.05, 0) is 18.3 Å². The highest BCUT2D eigenvalue weighted by Crippen LogP contribution is 2.27. The lowest BCUT2D eigenvalue weighted by molar-refractivity contribution is 0.0937. The second-order valence-corrected chi connectivity index (χ2v) is 6.76. The molecule has 20 heavy (non-hydrogen) atoms. The molecule has 0 atom stereocenters. The summed E-state index contributed by atoms with van der Waals surface area (Å²) in [4.78, 5) is 18.6. The van der Waals surface area contributed by atoms with Crippen LogP contribution in [0.4, 0.5) is 10.9 Å². The van der Waals surface area contributed by atoms with Crippen LogP contribution >= 0.6 is 11.3 Å². The third-order valence-electron chi connectivity index (χ3n) is 2.97. The van der Waals surface area contributed by atoms with Gasteiger partial charge in [-0.2, -0.15) is 0 Å². The SMILES string of the molecule is CN(C)c1nc(N)c(C(=O)NCC(C)(C)CCCO)s1. The lowest BCUT2D eigenvalue weighted by atomic mass is 9.88. The van der Waals surface area contributed by atoms with E-state index in [0.29, 0.717) is 16.6 Å². The monoisotopic (exact) mass is 300 g/mol. The fraction of sp³-hybridized carbons (Fsp3) is 0.692. The summed E-state index contributed by atoms with van der Waals surface area (Å²) < 4.78 is 0. The fourth-order valence-corrected chi connectivity index (χ4v) is 2.54. The summed E-state index contributed by atoms with van der Waals surface area (Å²) in [6.07, 6.45) is 1.58. The van der Waals surface area contributed by atoms with Gasteiger partial charge in [0, 0.05) is 27.2 Å². The number of hydrogen-bond donors (Lipinski definition) is 3. The first kappa shape index (κ1) is 16.7. The van der Waals surface area contributed by atoms with Crippen molar-refractivity contribution in [1.29, 1.82) is 0 Å². The number of carbonyl (C=O) groups is 1. The largest absolute Gasteiger partial charge is 0.396 e. The zero-order chi connectivity index (χ0) is 15.3. The van der Waals surface area contributed by atoms with Gasteiger partial charge in [0.25, 0.3) is 5.91 Å². The summed E-state index contributed by atoms with van der Waals surface area (Å²) >= 11 is 1.28. The highest BCUT2D eigenvalue weighted by molar-refractivity contribution is 7.18. The number of nitrogen functional groups attached to an aromatic ring is 1. The van der Waals surface area contributed by atoms with E-state index in [0.717, 1.165) is 12.8 Å². The van der Waals surface area contributed by atoms with Gasteiger partial charge in [-0.25, -0.2) is 4.98 Å². The van der Waals surface area contributed by atoms with Gasteiger partial charge in [-0.3, -0.25) is 4.79 Å². The summed E-state index contributed by atoms with van der Waals surface area (Å²) in [7, 11) is 3.72. The molecule has 1 rings (SSSR count). The number of carbonyl (C=O) groups excluding carboxylic acids is 1. The predicted molar refractivity (Wildman–Crippen MR) is 83.3 cm³/mol. The molecule has 0 saturated heterocycles. The summed E-state index contributed by atoms with van der Waals surface area (Å²) in [6, 6.07) is 0. The maximum atomic E-state index is 12.1. The van der Waals surface area contributed by atoms with Crippen LogP contribution in [0.1, 0.15) is 36.4 Å². The van der Waals surface area contributed by atoms with Crippen LogP contribution in [0.2, 0.25) is 0 Å². The van der Waals surface area contributed by atoms with Gasteiger partial charge in [-0.1, -0.05) is 25.2 Å². The first-order valence-electron chi connectivity index (χ1n) is 6.59. The van der Waals surface area contributed by atoms with Crippen molar-refractivity contribution in [3.05, 3.63) is 4.88 Å². The number of nitrogens with one attached hydrogen (secondary N) is 1. The molecule has 0 spiro atoms. The lowest BCUT2D eigenvalue weighted by Gasteiger charge is -2.24. The van der Waals surface area contributed by atoms with E-state index in [9.17, 15) is 4.79 Å². The Morgan fingerprint density at radius 1 is 1.50 bits per heavy atom. The number of amides is 1. The average Bonchev–Trinajstić information content (AvgIpc) is 2.76. The van der Waals surface area contributed by atoms with Gasteiger partial charge >= 0.3 is 0 Å². The number of aromatic nitrogens is 1. The minimum absolute atomic E-state index is 0.0534. The number of nitrogens with zero attached hydrogens (tertiary/aromatic N) is 2. The van der Waals surface area contributed by atoms with E-state index < -0.39 is 0 Å². The number of aliphatic hydroxyl groups excluding tert-OH is 1. The van der Waals surface area contributed by atoms with Crippen LogP contribution in [0.25, 0.3) is 0 Å². The second kappa shape index (κ2) is 6.90. The molecule has 4 N–H and O–H groups in total. The number of hydrogen-bond acceptors (Lipinski definition) is 6. The van der Waals surface area contributed by atoms with E-state index in [1.807, 2.05) is 19.0 Å². The molecule has 0 radical (unpaired) electrons. The van der Waals surface area contributed by atoms with E-state index in [1.165, 1.54) is 11.3 Å². The Morgan fingerprint density at radius 2 is 2.15 bits per heavy atom. The molecular formula is C13H24N4O2S. The molecule has 0 aromatic carbocycles. The van der Waals surface area contributed by atoms with Crippen LogP contribution in [0.3, 0.4) is 0 Å². The molecule has 0 aliphatic rings. The van der Waals surface area contributed by atoms with Crippen molar-refractivity contribution in [2.24, 2.45) is 5.41 Å². The average molecular weight is 300 g/mol. The molecule has 0 bridgehead atoms. The van der Waals surface area contributed by atoms with Crippen molar-refractivity contribution in [3.63, 3.8) is 0 Å². The first-order valence-corrected chi connectivity index (χ1v) is 7.41. The van der Waals surface area contributed by atoms with Crippen LogP contribution in [0, 0.1) is 5.41 Å². The highest BCUT2D eigenvalue weighted by atomic mass is 32.1. The molecular weight excluding hydrogens is 276 g/mol. The third kappa shape index (κ3) is 4.64. The standard InChI is InChI=1S/C13H24N4O2S/c1-13(2,6-5-7-18)8-15-11(19)9-10(14)16-12(20-9)17(3)4/h18H,5-8,14H2,1-4H3,(H,15,19). The smallest absolute Gasteiger partial charge is 0.265 e. The van der Waals surface area contributed by atoms with Crippen molar-refractivity contribution >= 4 is 28.2 Å². The van der Waals surface area contributed by atoms with Gasteiger partial charge in [0.2, 0.25) is 0 Å². The Bertz CT molecular complexity index is 457. The van der Waals surface area contributed by atoms with E-state index >= 15 is 0 Å². The first-order chi connectivity index (χ1) is 9.26. The minimum atomic E-state index is -0.190. The maximum absolute atomic E-state index is 12.1. The van der Waals surface area contributed by atoms with Gasteiger partial charge in [-0.15, -0.1) is 0 Å². The quantitative estimate of drug-likeness (QED) is 0.706. The molecule has 0 fully saturated rings. The Labute approximate surface area is 124 Å². The minimum Gasteiger partial charge on any atom is -0.396 e. The highest BCUT2D eigenvalue weighted by Gasteiger charge is 2.21. The van der Waals surface area contributed by atoms with E-state index in [1.54, 1.807) is 0 Å². The van der Waals surface area contributed by atoms with E-state index in [4.69, 9.17) is 10.8 Å². The predicted octanol–water partition coefficient (Wildman–Crippen LogP) is 1.32. The third-order valence-corrected chi connectivity index (χ3v) is 4.21. The summed E-state index contributed by atoms with van der Waals surface area (Å²) in [6.45, 7) is 4.83. The van der Waals surface area contributed by atoms with E-state index in [2.05, 4.69) is 24.1 Å². The van der Waals surface area contributed by atoms with Crippen LogP contribution in [-0.2, 0) is 0 Å². The van der Waals surface area contributed by atoms with Gasteiger partial charge in [0.05, 0.1) is 0 Å². The number of rotatable bonds is 7. The normalized spacial score (nSPS) is 11.4. The lowest BCUT2D eigenvalue weighted by Crippen LogP contribution is -2.34. The summed E-state index contributed by atoms with van der Waals surface area (Å²) in [5, 5.41) is 12.5. The van der Waals surface area contributed by atoms with Crippen molar-refractivity contribution in [2.75, 3.05) is 37.9 Å². The molecule has 1 aromatic heterocycles. The molecule has 114 valence electrons. The Balaban J connectivity index is 2.63. The number of anilines is 2. The van der Waals surface area contributed by atoms with Gasteiger partial charge < -0.3 is 21.1 Å². The zero-order valence-corrected chi connectivity index (χ0v) is 13.4. The molecule has 6 nitrogen and oxygen atoms in total. The van der Waals surface area contributed by atoms with Gasteiger partial charge in [0.1, 0.15) is 10.7 Å². The van der Waals surface area contributed by atoms with E-state index in [-0.39, 0.29) is 23.7 Å². The Morgan fingerprint density at radius 3 is 2.65 bits per heavy atom. The fourth-order valence-electron chi connectivity index (χ4n) is 1.72. The molecule has 0 aliphatic heterocycles. The van der Waals surface area contributed by atoms with Crippen molar-refractivity contribution < 1.29 is 9.90 Å². The van der Waals surface area contributed by atoms with Crippen LogP contribution in [0.5, 0.6) is 0 Å². The number of aliphatic hydroxyl groups is 1. The van der Waals surface area contributed by atoms with Crippen LogP contribution in [-0.4, -0.2) is 43.2 Å². The zero-order valence-electron chi connectivity index (χ0n) is 12.6. The van der Waals surface area contributed by atoms with Crippen LogP contribution < -0.4 is 16.0 Å². The topological polar surface area (TPSA) is 91.5 Å². The van der Waals surface area contributed by atoms with Crippen molar-refractivity contribution in [2.45, 2.75) is 26.7 Å². The summed E-state index contributed by atoms with van der Waals surface area (Å²) in [5.41, 5.74) is 5.73. The van der Waals surface area contributed by atoms with Crippen molar-refractivity contribution in [1.82, 2.24) is 10.3 Å². The molecule has 1 aromatic rings. The molecule has 0 aliphatic carbocycles. The molecule has 0 saturated carbocycles. The number of nitrogens with two attached hydrogens (primary N) is 1. The van der Waals surface area contributed by atoms with Crippen LogP contribution in [0.15, 0.2) is 0 Å². The summed E-state index contributed by atoms with van der Waals surface area (Å²) in [5.74, 6) is 0.0783. The molecule has 7 heteroatoms. The Kier molecular flexibility index (Phi) is 5.76. The van der Waals surface area contributed by atoms with Gasteiger partial charge in [0.15, 0.2) is 5.13 Å².